The van der Waals surface area contributed by atoms with Gasteiger partial charge in [0.05, 0.1) is 18.1 Å². The SMILES string of the molecule is CC1CCCCN1Cc1ccc(S(=O)(=O)N2CCOCC2)cc1. The van der Waals surface area contributed by atoms with Crippen molar-refractivity contribution in [2.45, 2.75) is 43.7 Å². The molecule has 0 aliphatic carbocycles. The molecule has 5 nitrogen and oxygen atoms in total. The van der Waals surface area contributed by atoms with Crippen molar-refractivity contribution in [2.75, 3.05) is 32.8 Å². The molecule has 2 aliphatic heterocycles. The molecule has 6 heteroatoms. The molecule has 0 N–H and O–H groups in total. The third-order valence-corrected chi connectivity index (χ3v) is 6.77. The van der Waals surface area contributed by atoms with Crippen molar-refractivity contribution in [1.29, 1.82) is 0 Å². The Hall–Kier alpha value is -0.950. The van der Waals surface area contributed by atoms with Crippen LogP contribution in [-0.2, 0) is 21.3 Å². The predicted octanol–water partition coefficient (Wildman–Crippen LogP) is 2.08. The van der Waals surface area contributed by atoms with Gasteiger partial charge in [0.2, 0.25) is 10.0 Å². The van der Waals surface area contributed by atoms with Crippen LogP contribution >= 0.6 is 0 Å². The zero-order valence-electron chi connectivity index (χ0n) is 13.8. The van der Waals surface area contributed by atoms with E-state index in [1.54, 1.807) is 12.1 Å². The largest absolute Gasteiger partial charge is 0.379 e. The molecule has 1 aromatic rings. The van der Waals surface area contributed by atoms with E-state index in [-0.39, 0.29) is 0 Å². The Morgan fingerprint density at radius 2 is 1.78 bits per heavy atom. The summed E-state index contributed by atoms with van der Waals surface area (Å²) in [5, 5.41) is 0. The van der Waals surface area contributed by atoms with Gasteiger partial charge in [0.15, 0.2) is 0 Å². The summed E-state index contributed by atoms with van der Waals surface area (Å²) in [6, 6.07) is 8.01. The summed E-state index contributed by atoms with van der Waals surface area (Å²) in [7, 11) is -3.38. The van der Waals surface area contributed by atoms with Crippen molar-refractivity contribution in [3.05, 3.63) is 29.8 Å². The van der Waals surface area contributed by atoms with Crippen LogP contribution in [0.1, 0.15) is 31.7 Å². The molecule has 0 bridgehead atoms. The number of nitrogens with zero attached hydrogens (tertiary/aromatic N) is 2. The van der Waals surface area contributed by atoms with E-state index in [1.165, 1.54) is 29.1 Å². The van der Waals surface area contributed by atoms with Gasteiger partial charge < -0.3 is 4.74 Å². The van der Waals surface area contributed by atoms with Gasteiger partial charge >= 0.3 is 0 Å². The molecule has 128 valence electrons. The Balaban J connectivity index is 1.68. The number of rotatable bonds is 4. The number of likely N-dealkylation sites (tertiary alicyclic amines) is 1. The molecule has 0 radical (unpaired) electrons. The molecular weight excluding hydrogens is 312 g/mol. The third-order valence-electron chi connectivity index (χ3n) is 4.86. The van der Waals surface area contributed by atoms with Crippen LogP contribution < -0.4 is 0 Å². The van der Waals surface area contributed by atoms with E-state index in [0.29, 0.717) is 37.2 Å². The second kappa shape index (κ2) is 7.30. The lowest BCUT2D eigenvalue weighted by Gasteiger charge is -2.33. The first-order chi connectivity index (χ1) is 11.1. The van der Waals surface area contributed by atoms with Crippen LogP contribution in [0, 0.1) is 0 Å². The minimum Gasteiger partial charge on any atom is -0.379 e. The van der Waals surface area contributed by atoms with Gasteiger partial charge in [-0.05, 0) is 44.0 Å². The standard InChI is InChI=1S/C17H26N2O3S/c1-15-4-2-3-9-18(15)14-16-5-7-17(8-6-16)23(20,21)19-10-12-22-13-11-19/h5-8,15H,2-4,9-14H2,1H3. The van der Waals surface area contributed by atoms with E-state index in [4.69, 9.17) is 4.74 Å². The van der Waals surface area contributed by atoms with Crippen molar-refractivity contribution in [3.63, 3.8) is 0 Å². The smallest absolute Gasteiger partial charge is 0.243 e. The van der Waals surface area contributed by atoms with Gasteiger partial charge in [-0.15, -0.1) is 0 Å². The molecule has 2 aliphatic rings. The summed E-state index contributed by atoms with van der Waals surface area (Å²) in [6.07, 6.45) is 3.83. The highest BCUT2D eigenvalue weighted by Crippen LogP contribution is 2.21. The third kappa shape index (κ3) is 3.94. The van der Waals surface area contributed by atoms with Crippen LogP contribution in [0.5, 0.6) is 0 Å². The van der Waals surface area contributed by atoms with E-state index < -0.39 is 10.0 Å². The van der Waals surface area contributed by atoms with Gasteiger partial charge in [-0.3, -0.25) is 4.90 Å². The van der Waals surface area contributed by atoms with Crippen LogP contribution in [0.15, 0.2) is 29.2 Å². The number of ether oxygens (including phenoxy) is 1. The Morgan fingerprint density at radius 3 is 2.43 bits per heavy atom. The Morgan fingerprint density at radius 1 is 1.09 bits per heavy atom. The maximum atomic E-state index is 12.6. The Labute approximate surface area is 139 Å². The first kappa shape index (κ1) is 16.9. The monoisotopic (exact) mass is 338 g/mol. The van der Waals surface area contributed by atoms with Gasteiger partial charge in [-0.1, -0.05) is 18.6 Å². The van der Waals surface area contributed by atoms with Gasteiger partial charge in [-0.2, -0.15) is 4.31 Å². The topological polar surface area (TPSA) is 49.9 Å². The van der Waals surface area contributed by atoms with Crippen LogP contribution in [0.2, 0.25) is 0 Å². The lowest BCUT2D eigenvalue weighted by molar-refractivity contribution is 0.0730. The summed E-state index contributed by atoms with van der Waals surface area (Å²) in [5.74, 6) is 0. The first-order valence-electron chi connectivity index (χ1n) is 8.48. The maximum absolute atomic E-state index is 12.6. The molecule has 0 aromatic heterocycles. The van der Waals surface area contributed by atoms with E-state index in [2.05, 4.69) is 11.8 Å². The number of sulfonamides is 1. The van der Waals surface area contributed by atoms with Crippen molar-refractivity contribution in [1.82, 2.24) is 9.21 Å². The van der Waals surface area contributed by atoms with Crippen LogP contribution in [0.25, 0.3) is 0 Å². The van der Waals surface area contributed by atoms with Gasteiger partial charge in [0, 0.05) is 25.7 Å². The fraction of sp³-hybridized carbons (Fsp3) is 0.647. The van der Waals surface area contributed by atoms with Crippen molar-refractivity contribution in [3.8, 4) is 0 Å². The average molecular weight is 338 g/mol. The quantitative estimate of drug-likeness (QED) is 0.843. The average Bonchev–Trinajstić information content (AvgIpc) is 2.58. The fourth-order valence-corrected chi connectivity index (χ4v) is 4.74. The number of morpholine rings is 1. The molecule has 1 aromatic carbocycles. The molecule has 3 rings (SSSR count). The first-order valence-corrected chi connectivity index (χ1v) is 9.92. The highest BCUT2D eigenvalue weighted by molar-refractivity contribution is 7.89. The highest BCUT2D eigenvalue weighted by Gasteiger charge is 2.26. The van der Waals surface area contributed by atoms with Gasteiger partial charge in [-0.25, -0.2) is 8.42 Å². The second-order valence-electron chi connectivity index (χ2n) is 6.48. The van der Waals surface area contributed by atoms with Crippen molar-refractivity contribution >= 4 is 10.0 Å². The molecular formula is C17H26N2O3S. The highest BCUT2D eigenvalue weighted by atomic mass is 32.2. The molecule has 2 fully saturated rings. The van der Waals surface area contributed by atoms with E-state index in [1.807, 2.05) is 12.1 Å². The molecule has 0 spiro atoms. The summed E-state index contributed by atoms with van der Waals surface area (Å²) in [5.41, 5.74) is 1.18. The van der Waals surface area contributed by atoms with E-state index in [9.17, 15) is 8.42 Å². The number of piperidine rings is 1. The maximum Gasteiger partial charge on any atom is 0.243 e. The molecule has 23 heavy (non-hydrogen) atoms. The molecule has 0 amide bonds. The van der Waals surface area contributed by atoms with Crippen LogP contribution in [-0.4, -0.2) is 56.5 Å². The summed E-state index contributed by atoms with van der Waals surface area (Å²) in [4.78, 5) is 2.87. The van der Waals surface area contributed by atoms with Crippen LogP contribution in [0.3, 0.4) is 0 Å². The summed E-state index contributed by atoms with van der Waals surface area (Å²) < 4.78 is 31.9. The lowest BCUT2D eigenvalue weighted by Crippen LogP contribution is -2.40. The van der Waals surface area contributed by atoms with Gasteiger partial charge in [0.1, 0.15) is 0 Å². The van der Waals surface area contributed by atoms with Crippen molar-refractivity contribution < 1.29 is 13.2 Å². The van der Waals surface area contributed by atoms with E-state index in [0.717, 1.165) is 13.1 Å². The van der Waals surface area contributed by atoms with E-state index >= 15 is 0 Å². The molecule has 1 atom stereocenters. The molecule has 2 heterocycles. The van der Waals surface area contributed by atoms with Gasteiger partial charge in [0.25, 0.3) is 0 Å². The number of benzene rings is 1. The second-order valence-corrected chi connectivity index (χ2v) is 8.41. The Bertz CT molecular complexity index is 609. The normalized spacial score (nSPS) is 24.7. The van der Waals surface area contributed by atoms with Crippen LogP contribution in [0.4, 0.5) is 0 Å². The molecule has 1 unspecified atom stereocenters. The summed E-state index contributed by atoms with van der Waals surface area (Å²) >= 11 is 0. The fourth-order valence-electron chi connectivity index (χ4n) is 3.33. The summed E-state index contributed by atoms with van der Waals surface area (Å²) in [6.45, 7) is 6.14. The number of hydrogen-bond acceptors (Lipinski definition) is 4. The minimum atomic E-state index is -3.38. The van der Waals surface area contributed by atoms with Crippen molar-refractivity contribution in [2.24, 2.45) is 0 Å². The number of hydrogen-bond donors (Lipinski definition) is 0. The molecule has 2 saturated heterocycles. The zero-order valence-corrected chi connectivity index (χ0v) is 14.6. The zero-order chi connectivity index (χ0) is 16.3. The lowest BCUT2D eigenvalue weighted by atomic mass is 10.0. The molecule has 0 saturated carbocycles. The minimum absolute atomic E-state index is 0.384. The Kier molecular flexibility index (Phi) is 5.36. The predicted molar refractivity (Wildman–Crippen MR) is 89.7 cm³/mol.